The molecule has 12 heteroatoms. The number of hydrogen-bond acceptors (Lipinski definition) is 6. The Kier molecular flexibility index (Phi) is 10.1. The Bertz CT molecular complexity index is 1720. The van der Waals surface area contributed by atoms with Crippen LogP contribution in [0.25, 0.3) is 22.4 Å². The first-order chi connectivity index (χ1) is 20.8. The van der Waals surface area contributed by atoms with Gasteiger partial charge in [-0.3, -0.25) is 9.52 Å². The SMILES string of the molecule is CC(C)c1c(S(=O)(=O)Nc2cccc(O)c2)c(-c2ccc(F)cc2)c(-c2ccc(F)cc2)n1CC[C@@H](O)C[C@@H](O)CC(=O)O. The van der Waals surface area contributed by atoms with Crippen LogP contribution in [0.5, 0.6) is 5.75 Å². The second-order valence-electron chi connectivity index (χ2n) is 10.8. The number of carbonyl (C=O) groups is 1. The minimum atomic E-state index is -4.40. The first-order valence-corrected chi connectivity index (χ1v) is 15.4. The van der Waals surface area contributed by atoms with Gasteiger partial charge in [0.2, 0.25) is 0 Å². The van der Waals surface area contributed by atoms with Crippen LogP contribution in [-0.4, -0.2) is 51.6 Å². The van der Waals surface area contributed by atoms with E-state index in [0.29, 0.717) is 22.5 Å². The van der Waals surface area contributed by atoms with Gasteiger partial charge in [0.25, 0.3) is 10.0 Å². The molecular formula is C32H34F2N2O7S. The second kappa shape index (κ2) is 13.6. The summed E-state index contributed by atoms with van der Waals surface area (Å²) in [5.74, 6) is -2.84. The number of nitrogens with one attached hydrogen (secondary N) is 1. The number of aromatic hydroxyl groups is 1. The highest BCUT2D eigenvalue weighted by Crippen LogP contribution is 2.45. The standard InChI is InChI=1S/C32H34F2N2O7S/c1-19(2)30-32(44(42,43)35-24-4-3-5-25(37)16-24)29(20-6-10-22(33)11-7-20)31(21-8-12-23(34)13-9-21)36(30)15-14-26(38)17-27(39)18-28(40)41/h3-13,16,19,26-27,35,37-39H,14-15,17-18H2,1-2H3,(H,40,41)/t26-,27-/m1/s1. The summed E-state index contributed by atoms with van der Waals surface area (Å²) in [6.45, 7) is 3.61. The normalized spacial score (nSPS) is 13.2. The molecule has 0 aliphatic carbocycles. The predicted octanol–water partition coefficient (Wildman–Crippen LogP) is 5.71. The summed E-state index contributed by atoms with van der Waals surface area (Å²) in [4.78, 5) is 10.9. The summed E-state index contributed by atoms with van der Waals surface area (Å²) in [6.07, 6.45) is -3.16. The van der Waals surface area contributed by atoms with Gasteiger partial charge < -0.3 is 25.0 Å². The van der Waals surface area contributed by atoms with E-state index in [1.165, 1.54) is 72.8 Å². The van der Waals surface area contributed by atoms with Gasteiger partial charge >= 0.3 is 5.97 Å². The minimum Gasteiger partial charge on any atom is -0.508 e. The van der Waals surface area contributed by atoms with Crippen LogP contribution in [0.15, 0.2) is 77.7 Å². The molecule has 0 amide bonds. The molecule has 4 rings (SSSR count). The average molecular weight is 629 g/mol. The highest BCUT2D eigenvalue weighted by atomic mass is 32.2. The maximum Gasteiger partial charge on any atom is 0.305 e. The highest BCUT2D eigenvalue weighted by Gasteiger charge is 2.34. The van der Waals surface area contributed by atoms with Gasteiger partial charge in [0.05, 0.1) is 30.0 Å². The zero-order valence-corrected chi connectivity index (χ0v) is 24.9. The number of aliphatic hydroxyl groups is 2. The Morgan fingerprint density at radius 2 is 1.50 bits per heavy atom. The molecule has 234 valence electrons. The third-order valence-electron chi connectivity index (χ3n) is 7.06. The lowest BCUT2D eigenvalue weighted by molar-refractivity contribution is -0.139. The Balaban J connectivity index is 1.97. The maximum absolute atomic E-state index is 14.3. The number of carboxylic acids is 1. The van der Waals surface area contributed by atoms with Crippen molar-refractivity contribution in [3.05, 3.63) is 90.1 Å². The number of halogens is 2. The van der Waals surface area contributed by atoms with E-state index in [4.69, 9.17) is 5.11 Å². The number of hydrogen-bond donors (Lipinski definition) is 5. The van der Waals surface area contributed by atoms with Gasteiger partial charge in [-0.15, -0.1) is 0 Å². The highest BCUT2D eigenvalue weighted by molar-refractivity contribution is 7.93. The number of aliphatic hydroxyl groups excluding tert-OH is 2. The Labute approximate surface area is 254 Å². The van der Waals surface area contributed by atoms with Crippen molar-refractivity contribution in [3.8, 4) is 28.1 Å². The molecule has 0 saturated heterocycles. The van der Waals surface area contributed by atoms with Gasteiger partial charge in [-0.25, -0.2) is 17.2 Å². The lowest BCUT2D eigenvalue weighted by Gasteiger charge is -2.20. The number of phenolic OH excluding ortho intramolecular Hbond substituents is 1. The largest absolute Gasteiger partial charge is 0.508 e. The fraction of sp³-hybridized carbons (Fsp3) is 0.281. The van der Waals surface area contributed by atoms with E-state index in [9.17, 15) is 37.3 Å². The summed E-state index contributed by atoms with van der Waals surface area (Å²) in [5.41, 5.74) is 1.84. The van der Waals surface area contributed by atoms with Crippen molar-refractivity contribution in [1.82, 2.24) is 4.57 Å². The average Bonchev–Trinajstić information content (AvgIpc) is 3.28. The van der Waals surface area contributed by atoms with Crippen LogP contribution in [0.3, 0.4) is 0 Å². The Morgan fingerprint density at radius 3 is 2.05 bits per heavy atom. The van der Waals surface area contributed by atoms with Crippen molar-refractivity contribution < 1.29 is 42.4 Å². The number of carboxylic acid groups (broad SMARTS) is 1. The molecule has 0 radical (unpaired) electrons. The number of anilines is 1. The molecule has 0 bridgehead atoms. The number of sulfonamides is 1. The molecule has 0 spiro atoms. The molecule has 44 heavy (non-hydrogen) atoms. The Morgan fingerprint density at radius 1 is 0.909 bits per heavy atom. The third kappa shape index (κ3) is 7.62. The number of nitrogens with zero attached hydrogens (tertiary/aromatic N) is 1. The van der Waals surface area contributed by atoms with Crippen molar-refractivity contribution in [2.45, 2.75) is 62.7 Å². The molecule has 1 aromatic heterocycles. The summed E-state index contributed by atoms with van der Waals surface area (Å²) in [6, 6.07) is 16.3. The lowest BCUT2D eigenvalue weighted by Crippen LogP contribution is -2.22. The summed E-state index contributed by atoms with van der Waals surface area (Å²) in [7, 11) is -4.40. The van der Waals surface area contributed by atoms with E-state index in [-0.39, 0.29) is 41.3 Å². The molecule has 5 N–H and O–H groups in total. The first kappa shape index (κ1) is 32.6. The summed E-state index contributed by atoms with van der Waals surface area (Å²) in [5, 5.41) is 39.7. The van der Waals surface area contributed by atoms with Gasteiger partial charge in [-0.2, -0.15) is 0 Å². The number of phenols is 1. The predicted molar refractivity (Wildman–Crippen MR) is 162 cm³/mol. The fourth-order valence-electron chi connectivity index (χ4n) is 5.25. The lowest BCUT2D eigenvalue weighted by atomic mass is 10.00. The number of rotatable bonds is 13. The van der Waals surface area contributed by atoms with E-state index in [2.05, 4.69) is 4.72 Å². The number of aromatic nitrogens is 1. The van der Waals surface area contributed by atoms with Crippen LogP contribution in [0.4, 0.5) is 14.5 Å². The Hall–Kier alpha value is -4.26. The van der Waals surface area contributed by atoms with Gasteiger partial charge in [-0.05, 0) is 78.4 Å². The van der Waals surface area contributed by atoms with E-state index < -0.39 is 52.2 Å². The van der Waals surface area contributed by atoms with Crippen LogP contribution in [-0.2, 0) is 21.4 Å². The zero-order valence-electron chi connectivity index (χ0n) is 24.1. The number of aliphatic carboxylic acids is 1. The molecular weight excluding hydrogens is 594 g/mol. The van der Waals surface area contributed by atoms with Crippen molar-refractivity contribution in [3.63, 3.8) is 0 Å². The molecule has 2 atom stereocenters. The van der Waals surface area contributed by atoms with E-state index in [1.807, 2.05) is 0 Å². The molecule has 0 unspecified atom stereocenters. The summed E-state index contributed by atoms with van der Waals surface area (Å²) < 4.78 is 60.8. The smallest absolute Gasteiger partial charge is 0.305 e. The first-order valence-electron chi connectivity index (χ1n) is 13.9. The zero-order chi connectivity index (χ0) is 32.2. The van der Waals surface area contributed by atoms with Gasteiger partial charge in [0, 0.05) is 23.9 Å². The second-order valence-corrected chi connectivity index (χ2v) is 12.5. The summed E-state index contributed by atoms with van der Waals surface area (Å²) >= 11 is 0. The molecule has 0 aliphatic rings. The van der Waals surface area contributed by atoms with Crippen LogP contribution < -0.4 is 4.72 Å². The topological polar surface area (TPSA) is 149 Å². The molecule has 0 fully saturated rings. The van der Waals surface area contributed by atoms with Crippen LogP contribution >= 0.6 is 0 Å². The van der Waals surface area contributed by atoms with Gasteiger partial charge in [0.15, 0.2) is 0 Å². The number of benzene rings is 3. The van der Waals surface area contributed by atoms with Crippen molar-refractivity contribution >= 4 is 21.7 Å². The van der Waals surface area contributed by atoms with Gasteiger partial charge in [-0.1, -0.05) is 32.0 Å². The van der Waals surface area contributed by atoms with Crippen LogP contribution in [0, 0.1) is 11.6 Å². The minimum absolute atomic E-state index is 0.0155. The maximum atomic E-state index is 14.3. The van der Waals surface area contributed by atoms with Crippen molar-refractivity contribution in [1.29, 1.82) is 0 Å². The molecule has 0 saturated carbocycles. The monoisotopic (exact) mass is 628 g/mol. The van der Waals surface area contributed by atoms with Crippen molar-refractivity contribution in [2.75, 3.05) is 4.72 Å². The molecule has 9 nitrogen and oxygen atoms in total. The van der Waals surface area contributed by atoms with E-state index in [1.54, 1.807) is 18.4 Å². The molecule has 0 aliphatic heterocycles. The molecule has 4 aromatic rings. The quantitative estimate of drug-likeness (QED) is 0.127. The van der Waals surface area contributed by atoms with Gasteiger partial charge in [0.1, 0.15) is 22.3 Å². The van der Waals surface area contributed by atoms with Crippen molar-refractivity contribution in [2.24, 2.45) is 0 Å². The van der Waals surface area contributed by atoms with E-state index >= 15 is 0 Å². The third-order valence-corrected chi connectivity index (χ3v) is 8.52. The van der Waals surface area contributed by atoms with Crippen LogP contribution in [0.2, 0.25) is 0 Å². The molecule has 3 aromatic carbocycles. The van der Waals surface area contributed by atoms with Crippen LogP contribution in [0.1, 0.15) is 44.7 Å². The van der Waals surface area contributed by atoms with E-state index in [0.717, 1.165) is 0 Å². The fourth-order valence-corrected chi connectivity index (χ4v) is 6.90. The molecule has 1 heterocycles.